The number of pyridine rings is 1. The molecule has 0 saturated heterocycles. The van der Waals surface area contributed by atoms with Gasteiger partial charge in [0.05, 0.1) is 11.6 Å². The number of aromatic nitrogens is 3. The predicted octanol–water partition coefficient (Wildman–Crippen LogP) is 1.85. The van der Waals surface area contributed by atoms with Crippen LogP contribution in [-0.2, 0) is 0 Å². The van der Waals surface area contributed by atoms with E-state index in [-0.39, 0.29) is 6.04 Å². The molecule has 84 valence electrons. The van der Waals surface area contributed by atoms with Crippen LogP contribution in [0.25, 0.3) is 11.5 Å². The van der Waals surface area contributed by atoms with Gasteiger partial charge in [-0.05, 0) is 25.5 Å². The smallest absolute Gasteiger partial charge is 0.249 e. The van der Waals surface area contributed by atoms with E-state index < -0.39 is 0 Å². The molecule has 16 heavy (non-hydrogen) atoms. The first-order valence-corrected chi connectivity index (χ1v) is 5.23. The number of aryl methyl sites for hydroxylation is 1. The molecule has 0 aliphatic carbocycles. The van der Waals surface area contributed by atoms with Gasteiger partial charge in [-0.2, -0.15) is 0 Å². The van der Waals surface area contributed by atoms with Crippen molar-refractivity contribution in [1.82, 2.24) is 15.2 Å². The third-order valence-electron chi connectivity index (χ3n) is 2.43. The van der Waals surface area contributed by atoms with Crippen LogP contribution < -0.4 is 5.73 Å². The Morgan fingerprint density at radius 3 is 2.94 bits per heavy atom. The molecule has 0 bridgehead atoms. The molecule has 0 aliphatic heterocycles. The van der Waals surface area contributed by atoms with Gasteiger partial charge in [-0.1, -0.05) is 6.92 Å². The van der Waals surface area contributed by atoms with E-state index >= 15 is 0 Å². The van der Waals surface area contributed by atoms with Crippen molar-refractivity contribution >= 4 is 0 Å². The van der Waals surface area contributed by atoms with Crippen molar-refractivity contribution in [2.24, 2.45) is 5.73 Å². The molecule has 0 amide bonds. The molecule has 0 radical (unpaired) electrons. The van der Waals surface area contributed by atoms with Gasteiger partial charge in [-0.15, -0.1) is 10.2 Å². The summed E-state index contributed by atoms with van der Waals surface area (Å²) in [5.74, 6) is 0.949. The minimum atomic E-state index is -0.196. The summed E-state index contributed by atoms with van der Waals surface area (Å²) in [5, 5.41) is 7.91. The summed E-state index contributed by atoms with van der Waals surface area (Å²) in [4.78, 5) is 4.17. The van der Waals surface area contributed by atoms with E-state index in [9.17, 15) is 0 Å². The van der Waals surface area contributed by atoms with E-state index in [0.717, 1.165) is 17.7 Å². The highest BCUT2D eigenvalue weighted by Gasteiger charge is 2.14. The largest absolute Gasteiger partial charge is 0.419 e. The standard InChI is InChI=1S/C11H14N4O/c1-3-9(12)11-15-14-10(16-11)8-5-4-6-13-7(8)2/h4-6,9H,3,12H2,1-2H3. The zero-order valence-corrected chi connectivity index (χ0v) is 9.34. The normalized spacial score (nSPS) is 12.7. The minimum Gasteiger partial charge on any atom is -0.419 e. The lowest BCUT2D eigenvalue weighted by atomic mass is 10.2. The van der Waals surface area contributed by atoms with Crippen molar-refractivity contribution in [2.45, 2.75) is 26.3 Å². The fraction of sp³-hybridized carbons (Fsp3) is 0.364. The summed E-state index contributed by atoms with van der Waals surface area (Å²) in [6.07, 6.45) is 2.50. The topological polar surface area (TPSA) is 77.8 Å². The molecule has 0 spiro atoms. The Morgan fingerprint density at radius 1 is 1.44 bits per heavy atom. The second-order valence-corrected chi connectivity index (χ2v) is 3.60. The molecule has 0 aliphatic rings. The lowest BCUT2D eigenvalue weighted by Gasteiger charge is -2.01. The van der Waals surface area contributed by atoms with Crippen LogP contribution in [0.1, 0.15) is 31.0 Å². The highest BCUT2D eigenvalue weighted by Crippen LogP contribution is 2.22. The number of hydrogen-bond donors (Lipinski definition) is 1. The maximum absolute atomic E-state index is 5.81. The molecular weight excluding hydrogens is 204 g/mol. The van der Waals surface area contributed by atoms with Crippen LogP contribution in [0.3, 0.4) is 0 Å². The van der Waals surface area contributed by atoms with Crippen molar-refractivity contribution in [3.8, 4) is 11.5 Å². The summed E-state index contributed by atoms with van der Waals surface area (Å²) in [7, 11) is 0. The van der Waals surface area contributed by atoms with Gasteiger partial charge in [0.2, 0.25) is 11.8 Å². The van der Waals surface area contributed by atoms with E-state index in [4.69, 9.17) is 10.2 Å². The highest BCUT2D eigenvalue weighted by molar-refractivity contribution is 5.55. The van der Waals surface area contributed by atoms with E-state index in [2.05, 4.69) is 15.2 Å². The SMILES string of the molecule is CCC(N)c1nnc(-c2cccnc2C)o1. The maximum atomic E-state index is 5.81. The lowest BCUT2D eigenvalue weighted by Crippen LogP contribution is -2.08. The van der Waals surface area contributed by atoms with Crippen molar-refractivity contribution < 1.29 is 4.42 Å². The Labute approximate surface area is 93.7 Å². The lowest BCUT2D eigenvalue weighted by molar-refractivity contribution is 0.452. The van der Waals surface area contributed by atoms with Gasteiger partial charge in [-0.3, -0.25) is 4.98 Å². The van der Waals surface area contributed by atoms with Crippen LogP contribution in [-0.4, -0.2) is 15.2 Å². The van der Waals surface area contributed by atoms with Gasteiger partial charge in [-0.25, -0.2) is 0 Å². The van der Waals surface area contributed by atoms with Gasteiger partial charge >= 0.3 is 0 Å². The molecule has 5 nitrogen and oxygen atoms in total. The number of rotatable bonds is 3. The van der Waals surface area contributed by atoms with E-state index in [0.29, 0.717) is 11.8 Å². The number of nitrogens with zero attached hydrogens (tertiary/aromatic N) is 3. The third-order valence-corrected chi connectivity index (χ3v) is 2.43. The number of nitrogens with two attached hydrogens (primary N) is 1. The Kier molecular flexibility index (Phi) is 2.96. The molecule has 2 heterocycles. The summed E-state index contributed by atoms with van der Waals surface area (Å²) < 4.78 is 5.52. The quantitative estimate of drug-likeness (QED) is 0.850. The molecule has 2 N–H and O–H groups in total. The molecule has 0 saturated carbocycles. The molecule has 1 unspecified atom stereocenters. The van der Waals surface area contributed by atoms with Crippen molar-refractivity contribution in [3.63, 3.8) is 0 Å². The average Bonchev–Trinajstić information content (AvgIpc) is 2.78. The molecule has 5 heteroatoms. The summed E-state index contributed by atoms with van der Waals surface area (Å²) in [5.41, 5.74) is 7.53. The molecule has 2 aromatic rings. The van der Waals surface area contributed by atoms with Gasteiger partial charge in [0.25, 0.3) is 0 Å². The van der Waals surface area contributed by atoms with Crippen molar-refractivity contribution in [3.05, 3.63) is 29.9 Å². The highest BCUT2D eigenvalue weighted by atomic mass is 16.4. The molecule has 2 aromatic heterocycles. The Hall–Kier alpha value is -1.75. The zero-order chi connectivity index (χ0) is 11.5. The van der Waals surface area contributed by atoms with Crippen LogP contribution in [0.15, 0.2) is 22.7 Å². The molecule has 2 rings (SSSR count). The maximum Gasteiger partial charge on any atom is 0.249 e. The predicted molar refractivity (Wildman–Crippen MR) is 59.5 cm³/mol. The van der Waals surface area contributed by atoms with E-state index in [1.165, 1.54) is 0 Å². The van der Waals surface area contributed by atoms with Crippen LogP contribution in [0.2, 0.25) is 0 Å². The fourth-order valence-corrected chi connectivity index (χ4v) is 1.38. The van der Waals surface area contributed by atoms with Crippen molar-refractivity contribution in [2.75, 3.05) is 0 Å². The Bertz CT molecular complexity index is 480. The molecule has 0 fully saturated rings. The zero-order valence-electron chi connectivity index (χ0n) is 9.34. The monoisotopic (exact) mass is 218 g/mol. The second kappa shape index (κ2) is 4.40. The molecule has 1 atom stereocenters. The average molecular weight is 218 g/mol. The Balaban J connectivity index is 2.35. The van der Waals surface area contributed by atoms with Crippen LogP contribution >= 0.6 is 0 Å². The Morgan fingerprint density at radius 2 is 2.25 bits per heavy atom. The fourth-order valence-electron chi connectivity index (χ4n) is 1.38. The molecular formula is C11H14N4O. The van der Waals surface area contributed by atoms with E-state index in [1.807, 2.05) is 26.0 Å². The summed E-state index contributed by atoms with van der Waals surface area (Å²) in [6.45, 7) is 3.88. The first-order valence-electron chi connectivity index (χ1n) is 5.23. The third kappa shape index (κ3) is 1.94. The van der Waals surface area contributed by atoms with Crippen LogP contribution in [0.4, 0.5) is 0 Å². The van der Waals surface area contributed by atoms with Gasteiger partial charge in [0.1, 0.15) is 0 Å². The van der Waals surface area contributed by atoms with Crippen LogP contribution in [0, 0.1) is 6.92 Å². The summed E-state index contributed by atoms with van der Waals surface area (Å²) >= 11 is 0. The molecule has 0 aromatic carbocycles. The van der Waals surface area contributed by atoms with E-state index in [1.54, 1.807) is 6.20 Å². The van der Waals surface area contributed by atoms with Crippen LogP contribution in [0.5, 0.6) is 0 Å². The first kappa shape index (κ1) is 10.8. The van der Waals surface area contributed by atoms with Gasteiger partial charge in [0.15, 0.2) is 0 Å². The van der Waals surface area contributed by atoms with Gasteiger partial charge < -0.3 is 10.2 Å². The van der Waals surface area contributed by atoms with Crippen molar-refractivity contribution in [1.29, 1.82) is 0 Å². The summed E-state index contributed by atoms with van der Waals surface area (Å²) in [6, 6.07) is 3.54. The van der Waals surface area contributed by atoms with Gasteiger partial charge in [0, 0.05) is 11.9 Å². The first-order chi connectivity index (χ1) is 7.72. The number of hydrogen-bond acceptors (Lipinski definition) is 5. The minimum absolute atomic E-state index is 0.196. The second-order valence-electron chi connectivity index (χ2n) is 3.60.